The van der Waals surface area contributed by atoms with E-state index in [0.29, 0.717) is 17.8 Å². The molecular formula is C11H14N2. The molecule has 13 heavy (non-hydrogen) atoms. The second-order valence-electron chi connectivity index (χ2n) is 3.74. The van der Waals surface area contributed by atoms with Gasteiger partial charge in [-0.1, -0.05) is 0 Å². The van der Waals surface area contributed by atoms with E-state index in [0.717, 1.165) is 11.1 Å². The van der Waals surface area contributed by atoms with Crippen LogP contribution in [0.15, 0.2) is 12.1 Å². The van der Waals surface area contributed by atoms with Crippen molar-refractivity contribution in [1.29, 1.82) is 0 Å². The van der Waals surface area contributed by atoms with Crippen LogP contribution in [0.5, 0.6) is 0 Å². The number of benzene rings is 1. The van der Waals surface area contributed by atoms with Gasteiger partial charge in [-0.15, -0.1) is 0 Å². The van der Waals surface area contributed by atoms with Gasteiger partial charge in [0, 0.05) is 5.48 Å². The molecule has 2 bridgehead atoms. The Hall–Kier alpha value is -1.18. The molecular weight excluding hydrogens is 160 g/mol. The smallest absolute Gasteiger partial charge is 0.0550 e. The fourth-order valence-electron chi connectivity index (χ4n) is 2.24. The van der Waals surface area contributed by atoms with Gasteiger partial charge in [0.25, 0.3) is 0 Å². The maximum Gasteiger partial charge on any atom is 0.0550 e. The number of hydrogen-bond donors (Lipinski definition) is 2. The van der Waals surface area contributed by atoms with Crippen molar-refractivity contribution in [3.05, 3.63) is 23.3 Å². The van der Waals surface area contributed by atoms with Crippen LogP contribution in [-0.2, 0) is 0 Å². The van der Waals surface area contributed by atoms with Gasteiger partial charge in [-0.05, 0) is 54.3 Å². The molecule has 0 heterocycles. The van der Waals surface area contributed by atoms with Crippen LogP contribution in [0.4, 0.5) is 11.4 Å². The maximum absolute atomic E-state index is 7.95. The fourth-order valence-corrected chi connectivity index (χ4v) is 2.24. The summed E-state index contributed by atoms with van der Waals surface area (Å²) in [5.74, 6) is -0.805. The number of nitrogens with two attached hydrogens (primary N) is 2. The molecule has 1 fully saturated rings. The highest BCUT2D eigenvalue weighted by molar-refractivity contribution is 5.68. The van der Waals surface area contributed by atoms with E-state index >= 15 is 0 Å². The summed E-state index contributed by atoms with van der Waals surface area (Å²) in [5.41, 5.74) is 14.1. The van der Waals surface area contributed by atoms with E-state index in [9.17, 15) is 0 Å². The lowest BCUT2D eigenvalue weighted by molar-refractivity contribution is 0.718. The van der Waals surface area contributed by atoms with Crippen molar-refractivity contribution in [2.75, 3.05) is 11.5 Å². The van der Waals surface area contributed by atoms with Gasteiger partial charge in [0.05, 0.1) is 11.4 Å². The molecule has 2 aliphatic rings. The van der Waals surface area contributed by atoms with Gasteiger partial charge in [0.15, 0.2) is 0 Å². The Morgan fingerprint density at radius 3 is 2.00 bits per heavy atom. The predicted octanol–water partition coefficient (Wildman–Crippen LogP) is 2.22. The lowest BCUT2D eigenvalue weighted by Gasteiger charge is -2.16. The standard InChI is InChI=1S/C11H14N2/c12-10-4-8-6-1-2-7(3-6)9(8)5-11(10)13/h4-7H,1-3,12-13H2/i1D2,2D2. The SMILES string of the molecule is [2H]C1([2H])C2CC(c3cc(N)c(N)cc32)C1([2H])[2H]. The first-order chi connectivity index (χ1) is 7.76. The van der Waals surface area contributed by atoms with Gasteiger partial charge in [-0.3, -0.25) is 0 Å². The van der Waals surface area contributed by atoms with Gasteiger partial charge >= 0.3 is 0 Å². The van der Waals surface area contributed by atoms with Crippen molar-refractivity contribution >= 4 is 11.4 Å². The lowest BCUT2D eigenvalue weighted by atomic mass is 9.91. The number of hydrogen-bond acceptors (Lipinski definition) is 2. The average Bonchev–Trinajstić information content (AvgIpc) is 2.64. The topological polar surface area (TPSA) is 52.0 Å². The van der Waals surface area contributed by atoms with Gasteiger partial charge in [0.1, 0.15) is 0 Å². The normalized spacial score (nSPS) is 41.5. The van der Waals surface area contributed by atoms with E-state index in [1.54, 1.807) is 12.1 Å². The van der Waals surface area contributed by atoms with E-state index in [1.165, 1.54) is 0 Å². The number of anilines is 2. The molecule has 68 valence electrons. The summed E-state index contributed by atoms with van der Waals surface area (Å²) in [6.07, 6.45) is -3.14. The molecule has 2 nitrogen and oxygen atoms in total. The van der Waals surface area contributed by atoms with Crippen LogP contribution in [0, 0.1) is 0 Å². The Morgan fingerprint density at radius 2 is 1.54 bits per heavy atom. The monoisotopic (exact) mass is 178 g/mol. The quantitative estimate of drug-likeness (QED) is 0.598. The second-order valence-corrected chi connectivity index (χ2v) is 3.74. The Balaban J connectivity index is 2.24. The van der Waals surface area contributed by atoms with Crippen LogP contribution in [-0.4, -0.2) is 0 Å². The van der Waals surface area contributed by atoms with Crippen LogP contribution in [0.2, 0.25) is 0 Å². The maximum atomic E-state index is 7.95. The van der Waals surface area contributed by atoms with Crippen molar-refractivity contribution in [2.24, 2.45) is 0 Å². The van der Waals surface area contributed by atoms with Crippen LogP contribution in [0.1, 0.15) is 47.6 Å². The van der Waals surface area contributed by atoms with E-state index in [1.807, 2.05) is 0 Å². The van der Waals surface area contributed by atoms with Crippen LogP contribution in [0.3, 0.4) is 0 Å². The first-order valence-electron chi connectivity index (χ1n) is 6.45. The summed E-state index contributed by atoms with van der Waals surface area (Å²) in [7, 11) is 0. The first-order valence-corrected chi connectivity index (χ1v) is 4.45. The van der Waals surface area contributed by atoms with E-state index in [2.05, 4.69) is 0 Å². The van der Waals surface area contributed by atoms with Crippen LogP contribution < -0.4 is 11.5 Å². The van der Waals surface area contributed by atoms with E-state index in [-0.39, 0.29) is 0 Å². The van der Waals surface area contributed by atoms with Crippen molar-refractivity contribution in [3.63, 3.8) is 0 Å². The van der Waals surface area contributed by atoms with Gasteiger partial charge < -0.3 is 11.5 Å². The summed E-state index contributed by atoms with van der Waals surface area (Å²) in [6, 6.07) is 3.42. The molecule has 2 atom stereocenters. The third-order valence-electron chi connectivity index (χ3n) is 2.94. The highest BCUT2D eigenvalue weighted by Gasteiger charge is 2.36. The summed E-state index contributed by atoms with van der Waals surface area (Å²) < 4.78 is 31.8. The molecule has 0 radical (unpaired) electrons. The van der Waals surface area contributed by atoms with Gasteiger partial charge in [-0.2, -0.15) is 0 Å². The number of nitrogen functional groups attached to an aromatic ring is 2. The first kappa shape index (κ1) is 4.36. The molecule has 0 saturated heterocycles. The highest BCUT2D eigenvalue weighted by Crippen LogP contribution is 2.54. The minimum absolute atomic E-state index is 0.402. The lowest BCUT2D eigenvalue weighted by Crippen LogP contribution is -2.02. The van der Waals surface area contributed by atoms with E-state index < -0.39 is 24.6 Å². The largest absolute Gasteiger partial charge is 0.397 e. The molecule has 1 aromatic rings. The van der Waals surface area contributed by atoms with Crippen molar-refractivity contribution in [2.45, 2.75) is 31.0 Å². The van der Waals surface area contributed by atoms with Crippen molar-refractivity contribution < 1.29 is 5.48 Å². The summed E-state index contributed by atoms with van der Waals surface area (Å²) in [4.78, 5) is 0. The third kappa shape index (κ3) is 0.831. The summed E-state index contributed by atoms with van der Waals surface area (Å²) in [6.45, 7) is 0. The molecule has 0 aromatic heterocycles. The summed E-state index contributed by atoms with van der Waals surface area (Å²) >= 11 is 0. The van der Waals surface area contributed by atoms with Gasteiger partial charge in [-0.25, -0.2) is 0 Å². The molecule has 0 amide bonds. The molecule has 4 N–H and O–H groups in total. The highest BCUT2D eigenvalue weighted by atomic mass is 14.7. The molecule has 0 aliphatic heterocycles. The zero-order chi connectivity index (χ0) is 12.6. The van der Waals surface area contributed by atoms with Crippen molar-refractivity contribution in [3.8, 4) is 0 Å². The molecule has 0 spiro atoms. The number of fused-ring (bicyclic) bond motifs is 5. The minimum atomic E-state index is -1.83. The number of rotatable bonds is 0. The predicted molar refractivity (Wildman–Crippen MR) is 54.6 cm³/mol. The fraction of sp³-hybridized carbons (Fsp3) is 0.455. The Bertz CT molecular complexity index is 467. The molecule has 2 aliphatic carbocycles. The van der Waals surface area contributed by atoms with Gasteiger partial charge in [0.2, 0.25) is 0 Å². The van der Waals surface area contributed by atoms with Crippen LogP contribution in [0.25, 0.3) is 0 Å². The average molecular weight is 178 g/mol. The minimum Gasteiger partial charge on any atom is -0.397 e. The van der Waals surface area contributed by atoms with Crippen LogP contribution >= 0.6 is 0 Å². The Kier molecular flexibility index (Phi) is 0.735. The molecule has 2 unspecified atom stereocenters. The summed E-state index contributed by atoms with van der Waals surface area (Å²) in [5, 5.41) is 0. The third-order valence-corrected chi connectivity index (χ3v) is 2.94. The Labute approximate surface area is 83.5 Å². The molecule has 1 aromatic carbocycles. The van der Waals surface area contributed by atoms with Crippen molar-refractivity contribution in [1.82, 2.24) is 0 Å². The van der Waals surface area contributed by atoms with E-state index in [4.69, 9.17) is 17.0 Å². The Morgan fingerprint density at radius 1 is 1.08 bits per heavy atom. The molecule has 3 rings (SSSR count). The molecule has 2 heteroatoms. The molecule has 1 saturated carbocycles. The zero-order valence-electron chi connectivity index (χ0n) is 11.2. The zero-order valence-corrected chi connectivity index (χ0v) is 7.17. The second kappa shape index (κ2) is 2.19.